The number of benzene rings is 2. The molecule has 6 nitrogen and oxygen atoms in total. The van der Waals surface area contributed by atoms with E-state index in [1.54, 1.807) is 6.20 Å². The Morgan fingerprint density at radius 1 is 1.00 bits per heavy atom. The van der Waals surface area contributed by atoms with Crippen molar-refractivity contribution in [2.45, 2.75) is 32.3 Å². The van der Waals surface area contributed by atoms with Crippen LogP contribution in [0.25, 0.3) is 6.08 Å². The van der Waals surface area contributed by atoms with Crippen molar-refractivity contribution in [2.75, 3.05) is 23.8 Å². The molecular formula is C25H26N4O2. The second-order valence-corrected chi connectivity index (χ2v) is 8.05. The molecule has 2 aliphatic rings. The SMILES string of the molecule is CC1=Cc2cc(Nc3ccnc(Nc4cccc(OC5CCOCC5)c4)n3)ccc2C1. The van der Waals surface area contributed by atoms with Crippen molar-refractivity contribution in [3.8, 4) is 5.75 Å². The van der Waals surface area contributed by atoms with E-state index in [-0.39, 0.29) is 6.10 Å². The molecule has 158 valence electrons. The summed E-state index contributed by atoms with van der Waals surface area (Å²) in [5.74, 6) is 2.11. The van der Waals surface area contributed by atoms with Crippen LogP contribution >= 0.6 is 0 Å². The zero-order valence-electron chi connectivity index (χ0n) is 17.6. The molecule has 1 aliphatic heterocycles. The molecule has 0 saturated carbocycles. The van der Waals surface area contributed by atoms with Gasteiger partial charge in [0.25, 0.3) is 0 Å². The van der Waals surface area contributed by atoms with Gasteiger partial charge in [-0.05, 0) is 54.8 Å². The third kappa shape index (κ3) is 4.86. The molecule has 3 aromatic rings. The van der Waals surface area contributed by atoms with Gasteiger partial charge in [-0.25, -0.2) is 4.98 Å². The summed E-state index contributed by atoms with van der Waals surface area (Å²) in [6, 6.07) is 16.2. The van der Waals surface area contributed by atoms with Gasteiger partial charge in [-0.15, -0.1) is 0 Å². The number of nitrogens with one attached hydrogen (secondary N) is 2. The summed E-state index contributed by atoms with van der Waals surface area (Å²) in [6.45, 7) is 3.69. The maximum absolute atomic E-state index is 6.10. The smallest absolute Gasteiger partial charge is 0.229 e. The van der Waals surface area contributed by atoms with Crippen LogP contribution in [0.15, 0.2) is 60.3 Å². The fourth-order valence-electron chi connectivity index (χ4n) is 3.98. The lowest BCUT2D eigenvalue weighted by atomic mass is 10.1. The molecule has 6 heteroatoms. The van der Waals surface area contributed by atoms with Crippen molar-refractivity contribution in [3.05, 3.63) is 71.4 Å². The van der Waals surface area contributed by atoms with Gasteiger partial charge in [0.1, 0.15) is 17.7 Å². The van der Waals surface area contributed by atoms with Crippen molar-refractivity contribution >= 4 is 29.2 Å². The maximum atomic E-state index is 6.10. The second-order valence-electron chi connectivity index (χ2n) is 8.05. The highest BCUT2D eigenvalue weighted by Crippen LogP contribution is 2.28. The molecule has 0 radical (unpaired) electrons. The fourth-order valence-corrected chi connectivity index (χ4v) is 3.98. The molecular weight excluding hydrogens is 388 g/mol. The van der Waals surface area contributed by atoms with Gasteiger partial charge in [0.15, 0.2) is 0 Å². The van der Waals surface area contributed by atoms with E-state index < -0.39 is 0 Å². The van der Waals surface area contributed by atoms with Gasteiger partial charge in [-0.1, -0.05) is 23.8 Å². The monoisotopic (exact) mass is 414 g/mol. The average molecular weight is 415 g/mol. The summed E-state index contributed by atoms with van der Waals surface area (Å²) >= 11 is 0. The van der Waals surface area contributed by atoms with Gasteiger partial charge in [0.2, 0.25) is 5.95 Å². The van der Waals surface area contributed by atoms with E-state index in [4.69, 9.17) is 9.47 Å². The van der Waals surface area contributed by atoms with Crippen molar-refractivity contribution < 1.29 is 9.47 Å². The zero-order chi connectivity index (χ0) is 21.0. The number of fused-ring (bicyclic) bond motifs is 1. The largest absolute Gasteiger partial charge is 0.490 e. The quantitative estimate of drug-likeness (QED) is 0.557. The highest BCUT2D eigenvalue weighted by molar-refractivity contribution is 5.70. The second kappa shape index (κ2) is 8.78. The van der Waals surface area contributed by atoms with E-state index in [0.29, 0.717) is 5.95 Å². The summed E-state index contributed by atoms with van der Waals surface area (Å²) in [6.07, 6.45) is 7.08. The number of hydrogen-bond donors (Lipinski definition) is 2. The fraction of sp³-hybridized carbons (Fsp3) is 0.280. The van der Waals surface area contributed by atoms with E-state index in [2.05, 4.69) is 51.8 Å². The first-order valence-corrected chi connectivity index (χ1v) is 10.7. The van der Waals surface area contributed by atoms with E-state index in [1.807, 2.05) is 30.3 Å². The summed E-state index contributed by atoms with van der Waals surface area (Å²) in [4.78, 5) is 8.97. The van der Waals surface area contributed by atoms with Gasteiger partial charge in [0, 0.05) is 36.5 Å². The lowest BCUT2D eigenvalue weighted by molar-refractivity contribution is 0.0256. The Labute approximate surface area is 182 Å². The Bertz CT molecular complexity index is 1110. The molecule has 0 atom stereocenters. The molecule has 0 unspecified atom stereocenters. The van der Waals surface area contributed by atoms with Crippen LogP contribution in [-0.2, 0) is 11.2 Å². The maximum Gasteiger partial charge on any atom is 0.229 e. The van der Waals surface area contributed by atoms with E-state index in [0.717, 1.165) is 55.4 Å². The highest BCUT2D eigenvalue weighted by atomic mass is 16.5. The summed E-state index contributed by atoms with van der Waals surface area (Å²) in [5.41, 5.74) is 5.94. The number of nitrogens with zero attached hydrogens (tertiary/aromatic N) is 2. The van der Waals surface area contributed by atoms with Gasteiger partial charge in [-0.2, -0.15) is 4.98 Å². The van der Waals surface area contributed by atoms with Gasteiger partial charge in [0.05, 0.1) is 13.2 Å². The van der Waals surface area contributed by atoms with Gasteiger partial charge >= 0.3 is 0 Å². The minimum absolute atomic E-state index is 0.207. The van der Waals surface area contributed by atoms with Crippen molar-refractivity contribution in [3.63, 3.8) is 0 Å². The zero-order valence-corrected chi connectivity index (χ0v) is 17.6. The molecule has 2 N–H and O–H groups in total. The Morgan fingerprint density at radius 3 is 2.77 bits per heavy atom. The summed E-state index contributed by atoms with van der Waals surface area (Å²) in [5, 5.41) is 6.66. The van der Waals surface area contributed by atoms with Crippen LogP contribution in [-0.4, -0.2) is 29.3 Å². The van der Waals surface area contributed by atoms with E-state index in [9.17, 15) is 0 Å². The lowest BCUT2D eigenvalue weighted by Crippen LogP contribution is -2.25. The normalized spacial score (nSPS) is 15.8. The van der Waals surface area contributed by atoms with Crippen LogP contribution in [0.2, 0.25) is 0 Å². The number of hydrogen-bond acceptors (Lipinski definition) is 6. The molecule has 1 aliphatic carbocycles. The van der Waals surface area contributed by atoms with E-state index in [1.165, 1.54) is 16.7 Å². The third-order valence-corrected chi connectivity index (χ3v) is 5.51. The molecule has 31 heavy (non-hydrogen) atoms. The highest BCUT2D eigenvalue weighted by Gasteiger charge is 2.15. The van der Waals surface area contributed by atoms with Gasteiger partial charge in [-0.3, -0.25) is 0 Å². The standard InChI is InChI=1S/C25H26N4O2/c1-17-13-18-5-6-21(15-19(18)14-17)27-24-7-10-26-25(29-24)28-20-3-2-4-23(16-20)31-22-8-11-30-12-9-22/h2-7,10,14-16,22H,8-9,11-13H2,1H3,(H2,26,27,28,29). The Hall–Kier alpha value is -3.38. The number of allylic oxidation sites excluding steroid dienone is 1. The van der Waals surface area contributed by atoms with Crippen LogP contribution < -0.4 is 15.4 Å². The molecule has 0 amide bonds. The molecule has 5 rings (SSSR count). The van der Waals surface area contributed by atoms with Crippen LogP contribution in [0.1, 0.15) is 30.9 Å². The van der Waals surface area contributed by atoms with Crippen LogP contribution in [0, 0.1) is 0 Å². The first-order chi connectivity index (χ1) is 15.2. The predicted octanol–water partition coefficient (Wildman–Crippen LogP) is 5.48. The minimum atomic E-state index is 0.207. The molecule has 0 spiro atoms. The summed E-state index contributed by atoms with van der Waals surface area (Å²) in [7, 11) is 0. The third-order valence-electron chi connectivity index (χ3n) is 5.51. The molecule has 1 aromatic heterocycles. The Kier molecular flexibility index (Phi) is 5.54. The predicted molar refractivity (Wildman–Crippen MR) is 123 cm³/mol. The number of rotatable bonds is 6. The topological polar surface area (TPSA) is 68.3 Å². The molecule has 1 saturated heterocycles. The molecule has 2 aromatic carbocycles. The van der Waals surface area contributed by atoms with Crippen molar-refractivity contribution in [1.29, 1.82) is 0 Å². The lowest BCUT2D eigenvalue weighted by Gasteiger charge is -2.23. The molecule has 2 heterocycles. The van der Waals surface area contributed by atoms with Crippen LogP contribution in [0.3, 0.4) is 0 Å². The first-order valence-electron chi connectivity index (χ1n) is 10.7. The average Bonchev–Trinajstić information content (AvgIpc) is 3.14. The van der Waals surface area contributed by atoms with Crippen LogP contribution in [0.4, 0.5) is 23.1 Å². The molecule has 0 bridgehead atoms. The summed E-state index contributed by atoms with van der Waals surface area (Å²) < 4.78 is 11.5. The van der Waals surface area contributed by atoms with E-state index >= 15 is 0 Å². The number of ether oxygens (including phenoxy) is 2. The minimum Gasteiger partial charge on any atom is -0.490 e. The Balaban J connectivity index is 1.26. The van der Waals surface area contributed by atoms with Crippen molar-refractivity contribution in [2.24, 2.45) is 0 Å². The van der Waals surface area contributed by atoms with Gasteiger partial charge < -0.3 is 20.1 Å². The number of aromatic nitrogens is 2. The Morgan fingerprint density at radius 2 is 1.87 bits per heavy atom. The first kappa shape index (κ1) is 19.6. The number of anilines is 4. The van der Waals surface area contributed by atoms with Crippen molar-refractivity contribution in [1.82, 2.24) is 9.97 Å². The van der Waals surface area contributed by atoms with Crippen LogP contribution in [0.5, 0.6) is 5.75 Å². The molecule has 1 fully saturated rings.